The molecular formula is C19H17ClN2O3. The molecule has 0 saturated heterocycles. The van der Waals surface area contributed by atoms with Crippen LogP contribution in [0.2, 0.25) is 5.02 Å². The molecule has 0 spiro atoms. The Kier molecular flexibility index (Phi) is 5.14. The molecule has 5 nitrogen and oxygen atoms in total. The van der Waals surface area contributed by atoms with Gasteiger partial charge in [-0.25, -0.2) is 4.98 Å². The number of hydrogen-bond donors (Lipinski definition) is 1. The number of H-pyrrole nitrogens is 1. The molecule has 1 heterocycles. The number of fused-ring (bicyclic) bond motifs is 1. The first kappa shape index (κ1) is 17.2. The maximum atomic E-state index is 12.0. The normalized spacial score (nSPS) is 10.8. The number of nitrogens with zero attached hydrogens (tertiary/aromatic N) is 1. The van der Waals surface area contributed by atoms with E-state index in [1.807, 2.05) is 13.0 Å². The molecule has 0 aliphatic carbocycles. The molecule has 3 aromatic rings. The van der Waals surface area contributed by atoms with Crippen molar-refractivity contribution in [3.63, 3.8) is 0 Å². The second kappa shape index (κ2) is 7.49. The van der Waals surface area contributed by atoms with Gasteiger partial charge < -0.3 is 9.72 Å². The molecule has 0 unspecified atom stereocenters. The first-order valence-electron chi connectivity index (χ1n) is 7.98. The summed E-state index contributed by atoms with van der Waals surface area (Å²) >= 11 is 5.88. The van der Waals surface area contributed by atoms with Gasteiger partial charge in [-0.15, -0.1) is 0 Å². The fraction of sp³-hybridized carbons (Fsp3) is 0.211. The van der Waals surface area contributed by atoms with Gasteiger partial charge in [-0.05, 0) is 49.2 Å². The molecule has 0 bridgehead atoms. The van der Waals surface area contributed by atoms with Crippen LogP contribution >= 0.6 is 11.6 Å². The smallest absolute Gasteiger partial charge is 0.311 e. The maximum absolute atomic E-state index is 12.0. The summed E-state index contributed by atoms with van der Waals surface area (Å²) < 4.78 is 5.34. The van der Waals surface area contributed by atoms with Crippen molar-refractivity contribution in [2.45, 2.75) is 26.2 Å². The highest BCUT2D eigenvalue weighted by atomic mass is 35.5. The van der Waals surface area contributed by atoms with E-state index in [9.17, 15) is 9.59 Å². The fourth-order valence-corrected chi connectivity index (χ4v) is 2.78. The van der Waals surface area contributed by atoms with Gasteiger partial charge in [0.05, 0.1) is 10.9 Å². The van der Waals surface area contributed by atoms with E-state index in [4.69, 9.17) is 16.3 Å². The van der Waals surface area contributed by atoms with E-state index < -0.39 is 0 Å². The molecule has 0 aliphatic rings. The zero-order chi connectivity index (χ0) is 17.8. The van der Waals surface area contributed by atoms with Crippen molar-refractivity contribution in [3.05, 3.63) is 69.2 Å². The maximum Gasteiger partial charge on any atom is 0.311 e. The summed E-state index contributed by atoms with van der Waals surface area (Å²) in [5, 5.41) is 1.16. The van der Waals surface area contributed by atoms with E-state index in [1.165, 1.54) is 0 Å². The van der Waals surface area contributed by atoms with Crippen molar-refractivity contribution in [1.29, 1.82) is 0 Å². The lowest BCUT2D eigenvalue weighted by molar-refractivity contribution is -0.134. The minimum atomic E-state index is -0.325. The van der Waals surface area contributed by atoms with Crippen LogP contribution in [0.1, 0.15) is 24.2 Å². The highest BCUT2D eigenvalue weighted by molar-refractivity contribution is 6.30. The van der Waals surface area contributed by atoms with Gasteiger partial charge >= 0.3 is 5.97 Å². The Bertz CT molecular complexity index is 982. The Balaban J connectivity index is 1.59. The second-order valence-electron chi connectivity index (χ2n) is 5.77. The molecule has 0 atom stereocenters. The molecule has 1 aromatic heterocycles. The molecule has 0 aliphatic heterocycles. The number of hydrogen-bond acceptors (Lipinski definition) is 4. The lowest BCUT2D eigenvalue weighted by Gasteiger charge is -2.07. The van der Waals surface area contributed by atoms with Crippen LogP contribution in [0.5, 0.6) is 5.75 Å². The zero-order valence-corrected chi connectivity index (χ0v) is 14.5. The summed E-state index contributed by atoms with van der Waals surface area (Å²) in [6.07, 6.45) is 1.26. The quantitative estimate of drug-likeness (QED) is 0.557. The van der Waals surface area contributed by atoms with Gasteiger partial charge in [0.1, 0.15) is 11.6 Å². The Hall–Kier alpha value is -2.66. The van der Waals surface area contributed by atoms with Crippen LogP contribution in [0.4, 0.5) is 0 Å². The van der Waals surface area contributed by atoms with Gasteiger partial charge in [0, 0.05) is 17.9 Å². The van der Waals surface area contributed by atoms with Gasteiger partial charge in [-0.2, -0.15) is 0 Å². The first-order chi connectivity index (χ1) is 12.0. The molecule has 1 N–H and O–H groups in total. The van der Waals surface area contributed by atoms with E-state index in [0.717, 1.165) is 5.56 Å². The van der Waals surface area contributed by atoms with Crippen LogP contribution in [0.3, 0.4) is 0 Å². The highest BCUT2D eigenvalue weighted by Gasteiger charge is 2.09. The largest absolute Gasteiger partial charge is 0.426 e. The second-order valence-corrected chi connectivity index (χ2v) is 6.20. The molecule has 3 rings (SSSR count). The number of aromatic nitrogens is 2. The average molecular weight is 357 g/mol. The number of nitrogens with one attached hydrogen (secondary N) is 1. The number of ether oxygens (including phenoxy) is 1. The van der Waals surface area contributed by atoms with Crippen LogP contribution in [-0.4, -0.2) is 15.9 Å². The number of rotatable bonds is 5. The van der Waals surface area contributed by atoms with Crippen LogP contribution in [0.15, 0.2) is 47.3 Å². The summed E-state index contributed by atoms with van der Waals surface area (Å²) in [5.74, 6) is 0.749. The fourth-order valence-electron chi connectivity index (χ4n) is 2.55. The number of aryl methyl sites for hydroxylation is 2. The van der Waals surface area contributed by atoms with E-state index in [2.05, 4.69) is 9.97 Å². The van der Waals surface area contributed by atoms with Crippen molar-refractivity contribution in [2.24, 2.45) is 0 Å². The predicted molar refractivity (Wildman–Crippen MR) is 97.1 cm³/mol. The van der Waals surface area contributed by atoms with E-state index >= 15 is 0 Å². The number of halogens is 1. The molecule has 2 aromatic carbocycles. The standard InChI is InChI=1S/C19H17ClN2O3/c1-12-11-13(20)9-10-16(12)25-18(23)8-4-7-17-21-15-6-3-2-5-14(15)19(24)22-17/h2-3,5-6,9-11H,4,7-8H2,1H3,(H,21,22,24). The SMILES string of the molecule is Cc1cc(Cl)ccc1OC(=O)CCCc1nc2ccccc2c(=O)[nH]1. The number of carbonyl (C=O) groups is 1. The third-order valence-corrected chi connectivity index (χ3v) is 4.05. The van der Waals surface area contributed by atoms with Crippen molar-refractivity contribution >= 4 is 28.5 Å². The summed E-state index contributed by atoms with van der Waals surface area (Å²) in [4.78, 5) is 31.2. The number of aromatic amines is 1. The van der Waals surface area contributed by atoms with Gasteiger partial charge in [0.2, 0.25) is 0 Å². The van der Waals surface area contributed by atoms with Gasteiger partial charge in [-0.1, -0.05) is 23.7 Å². The van der Waals surface area contributed by atoms with Crippen molar-refractivity contribution in [2.75, 3.05) is 0 Å². The van der Waals surface area contributed by atoms with Crippen molar-refractivity contribution in [1.82, 2.24) is 9.97 Å². The third kappa shape index (κ3) is 4.25. The number of benzene rings is 2. The first-order valence-corrected chi connectivity index (χ1v) is 8.35. The summed E-state index contributed by atoms with van der Waals surface area (Å²) in [5.41, 5.74) is 1.29. The highest BCUT2D eigenvalue weighted by Crippen LogP contribution is 2.22. The minimum absolute atomic E-state index is 0.167. The van der Waals surface area contributed by atoms with Crippen LogP contribution < -0.4 is 10.3 Å². The van der Waals surface area contributed by atoms with Gasteiger partial charge in [0.15, 0.2) is 0 Å². The summed E-state index contributed by atoms with van der Waals surface area (Å²) in [7, 11) is 0. The van der Waals surface area contributed by atoms with Gasteiger partial charge in [-0.3, -0.25) is 9.59 Å². The molecule has 0 saturated carbocycles. The van der Waals surface area contributed by atoms with Crippen molar-refractivity contribution < 1.29 is 9.53 Å². The Morgan fingerprint density at radius 3 is 2.84 bits per heavy atom. The Labute approximate surface area is 149 Å². The summed E-state index contributed by atoms with van der Waals surface area (Å²) in [6.45, 7) is 1.83. The Morgan fingerprint density at radius 2 is 2.04 bits per heavy atom. The molecular weight excluding hydrogens is 340 g/mol. The zero-order valence-electron chi connectivity index (χ0n) is 13.7. The molecule has 0 fully saturated rings. The minimum Gasteiger partial charge on any atom is -0.426 e. The molecule has 128 valence electrons. The lowest BCUT2D eigenvalue weighted by atomic mass is 10.2. The molecule has 25 heavy (non-hydrogen) atoms. The van der Waals surface area contributed by atoms with Gasteiger partial charge in [0.25, 0.3) is 5.56 Å². The predicted octanol–water partition coefficient (Wildman–Crippen LogP) is 3.81. The third-order valence-electron chi connectivity index (χ3n) is 3.82. The summed E-state index contributed by atoms with van der Waals surface area (Å²) in [6, 6.07) is 12.3. The number of esters is 1. The molecule has 0 radical (unpaired) electrons. The lowest BCUT2D eigenvalue weighted by Crippen LogP contribution is -2.13. The molecule has 6 heteroatoms. The molecule has 0 amide bonds. The van der Waals surface area contributed by atoms with E-state index in [1.54, 1.807) is 36.4 Å². The van der Waals surface area contributed by atoms with Crippen LogP contribution in [0.25, 0.3) is 10.9 Å². The van der Waals surface area contributed by atoms with Crippen LogP contribution in [-0.2, 0) is 11.2 Å². The number of para-hydroxylation sites is 1. The average Bonchev–Trinajstić information content (AvgIpc) is 2.57. The van der Waals surface area contributed by atoms with E-state index in [0.29, 0.717) is 40.3 Å². The number of carbonyl (C=O) groups excluding carboxylic acids is 1. The van der Waals surface area contributed by atoms with Crippen molar-refractivity contribution in [3.8, 4) is 5.75 Å². The monoisotopic (exact) mass is 356 g/mol. The van der Waals surface area contributed by atoms with E-state index in [-0.39, 0.29) is 17.9 Å². The topological polar surface area (TPSA) is 72.0 Å². The van der Waals surface area contributed by atoms with Crippen LogP contribution in [0, 0.1) is 6.92 Å². The Morgan fingerprint density at radius 1 is 1.24 bits per heavy atom.